The highest BCUT2D eigenvalue weighted by atomic mass is 16.1. The highest BCUT2D eigenvalue weighted by Crippen LogP contribution is 2.22. The van der Waals surface area contributed by atoms with Crippen molar-refractivity contribution < 1.29 is 4.79 Å². The van der Waals surface area contributed by atoms with Crippen LogP contribution in [0.25, 0.3) is 0 Å². The first-order valence-corrected chi connectivity index (χ1v) is 4.25. The number of nitrogens with two attached hydrogens (primary N) is 2. The van der Waals surface area contributed by atoms with Gasteiger partial charge in [-0.1, -0.05) is 6.92 Å². The van der Waals surface area contributed by atoms with Gasteiger partial charge >= 0.3 is 0 Å². The molecule has 0 unspecified atom stereocenters. The lowest BCUT2D eigenvalue weighted by Crippen LogP contribution is -2.03. The molecule has 3 heteroatoms. The number of carbonyl (C=O) groups is 1. The van der Waals surface area contributed by atoms with E-state index in [0.29, 0.717) is 16.9 Å². The van der Waals surface area contributed by atoms with Gasteiger partial charge in [0.15, 0.2) is 5.78 Å². The molecule has 0 aliphatic carbocycles. The van der Waals surface area contributed by atoms with E-state index in [2.05, 4.69) is 0 Å². The number of ketones is 1. The molecule has 0 aliphatic rings. The number of nitrogen functional groups attached to an aromatic ring is 2. The Balaban J connectivity index is 3.28. The summed E-state index contributed by atoms with van der Waals surface area (Å²) in [7, 11) is 0. The standard InChI is InChI=1S/C10H14N2O/c1-3-8-9(11)4-7(6(2)13)5-10(8)12/h4-5H,3,11-12H2,1-2H3. The summed E-state index contributed by atoms with van der Waals surface area (Å²) in [6, 6.07) is 3.36. The second-order valence-electron chi connectivity index (χ2n) is 3.04. The molecule has 4 N–H and O–H groups in total. The van der Waals surface area contributed by atoms with Gasteiger partial charge in [0.25, 0.3) is 0 Å². The van der Waals surface area contributed by atoms with Gasteiger partial charge in [-0.15, -0.1) is 0 Å². The fraction of sp³-hybridized carbons (Fsp3) is 0.300. The molecule has 0 bridgehead atoms. The largest absolute Gasteiger partial charge is 0.398 e. The first kappa shape index (κ1) is 9.58. The van der Waals surface area contributed by atoms with Crippen molar-refractivity contribution in [2.24, 2.45) is 0 Å². The number of hydrogen-bond donors (Lipinski definition) is 2. The fourth-order valence-electron chi connectivity index (χ4n) is 1.33. The third-order valence-corrected chi connectivity index (χ3v) is 2.08. The van der Waals surface area contributed by atoms with Gasteiger partial charge in [0.2, 0.25) is 0 Å². The van der Waals surface area contributed by atoms with E-state index in [1.54, 1.807) is 12.1 Å². The van der Waals surface area contributed by atoms with Gasteiger partial charge < -0.3 is 11.5 Å². The Hall–Kier alpha value is -1.51. The Morgan fingerprint density at radius 1 is 1.31 bits per heavy atom. The van der Waals surface area contributed by atoms with Gasteiger partial charge in [-0.2, -0.15) is 0 Å². The van der Waals surface area contributed by atoms with Crippen molar-refractivity contribution in [3.05, 3.63) is 23.3 Å². The van der Waals surface area contributed by atoms with Crippen LogP contribution in [0.15, 0.2) is 12.1 Å². The SMILES string of the molecule is CCc1c(N)cc(C(C)=O)cc1N. The van der Waals surface area contributed by atoms with Crippen molar-refractivity contribution >= 4 is 17.2 Å². The Kier molecular flexibility index (Phi) is 2.56. The molecule has 0 radical (unpaired) electrons. The molecule has 3 nitrogen and oxygen atoms in total. The minimum Gasteiger partial charge on any atom is -0.398 e. The van der Waals surface area contributed by atoms with Crippen LogP contribution in [-0.2, 0) is 6.42 Å². The van der Waals surface area contributed by atoms with Crippen LogP contribution in [0.1, 0.15) is 29.8 Å². The number of anilines is 2. The van der Waals surface area contributed by atoms with Crippen LogP contribution < -0.4 is 11.5 Å². The lowest BCUT2D eigenvalue weighted by atomic mass is 10.0. The van der Waals surface area contributed by atoms with E-state index in [9.17, 15) is 4.79 Å². The quantitative estimate of drug-likeness (QED) is 0.534. The maximum atomic E-state index is 11.0. The molecule has 0 aromatic heterocycles. The van der Waals surface area contributed by atoms with E-state index in [1.807, 2.05) is 6.92 Å². The van der Waals surface area contributed by atoms with E-state index < -0.39 is 0 Å². The van der Waals surface area contributed by atoms with E-state index in [0.717, 1.165) is 12.0 Å². The molecule has 0 spiro atoms. The highest BCUT2D eigenvalue weighted by Gasteiger charge is 2.06. The summed E-state index contributed by atoms with van der Waals surface area (Å²) in [4.78, 5) is 11.0. The van der Waals surface area contributed by atoms with Crippen LogP contribution >= 0.6 is 0 Å². The molecule has 0 heterocycles. The normalized spacial score (nSPS) is 10.0. The third kappa shape index (κ3) is 1.80. The van der Waals surface area contributed by atoms with Crippen LogP contribution in [0.4, 0.5) is 11.4 Å². The molecule has 1 aromatic carbocycles. The van der Waals surface area contributed by atoms with Crippen LogP contribution in [0.3, 0.4) is 0 Å². The Labute approximate surface area is 77.7 Å². The van der Waals surface area contributed by atoms with Gasteiger partial charge in [-0.05, 0) is 31.0 Å². The number of rotatable bonds is 2. The van der Waals surface area contributed by atoms with E-state index >= 15 is 0 Å². The monoisotopic (exact) mass is 178 g/mol. The zero-order valence-corrected chi connectivity index (χ0v) is 7.92. The molecule has 0 atom stereocenters. The molecule has 0 aliphatic heterocycles. The van der Waals surface area contributed by atoms with Crippen molar-refractivity contribution in [3.8, 4) is 0 Å². The summed E-state index contributed by atoms with van der Waals surface area (Å²) in [6.45, 7) is 3.48. The smallest absolute Gasteiger partial charge is 0.159 e. The fourth-order valence-corrected chi connectivity index (χ4v) is 1.33. The maximum Gasteiger partial charge on any atom is 0.159 e. The molecular formula is C10H14N2O. The first-order valence-electron chi connectivity index (χ1n) is 4.25. The second-order valence-corrected chi connectivity index (χ2v) is 3.04. The lowest BCUT2D eigenvalue weighted by Gasteiger charge is -2.08. The summed E-state index contributed by atoms with van der Waals surface area (Å²) < 4.78 is 0. The molecular weight excluding hydrogens is 164 g/mol. The average molecular weight is 178 g/mol. The zero-order valence-electron chi connectivity index (χ0n) is 7.92. The topological polar surface area (TPSA) is 69.1 Å². The molecule has 13 heavy (non-hydrogen) atoms. The minimum absolute atomic E-state index is 0.0129. The Morgan fingerprint density at radius 2 is 1.77 bits per heavy atom. The molecule has 0 fully saturated rings. The van der Waals surface area contributed by atoms with Crippen LogP contribution in [0.5, 0.6) is 0 Å². The number of Topliss-reactive ketones (excluding diaryl/α,β-unsaturated/α-hetero) is 1. The first-order chi connectivity index (χ1) is 6.06. The second kappa shape index (κ2) is 3.47. The molecule has 0 saturated carbocycles. The van der Waals surface area contributed by atoms with Crippen LogP contribution in [-0.4, -0.2) is 5.78 Å². The number of carbonyl (C=O) groups excluding carboxylic acids is 1. The van der Waals surface area contributed by atoms with Crippen LogP contribution in [0.2, 0.25) is 0 Å². The van der Waals surface area contributed by atoms with Crippen molar-refractivity contribution in [1.82, 2.24) is 0 Å². The molecule has 1 rings (SSSR count). The molecule has 70 valence electrons. The lowest BCUT2D eigenvalue weighted by molar-refractivity contribution is 0.101. The third-order valence-electron chi connectivity index (χ3n) is 2.08. The van der Waals surface area contributed by atoms with Gasteiger partial charge in [-0.3, -0.25) is 4.79 Å². The van der Waals surface area contributed by atoms with Crippen molar-refractivity contribution in [2.75, 3.05) is 11.5 Å². The Morgan fingerprint density at radius 3 is 2.08 bits per heavy atom. The molecule has 0 saturated heterocycles. The van der Waals surface area contributed by atoms with Gasteiger partial charge in [-0.25, -0.2) is 0 Å². The average Bonchev–Trinajstić information content (AvgIpc) is 2.03. The number of benzene rings is 1. The predicted octanol–water partition coefficient (Wildman–Crippen LogP) is 1.62. The zero-order chi connectivity index (χ0) is 10.0. The van der Waals surface area contributed by atoms with Crippen molar-refractivity contribution in [1.29, 1.82) is 0 Å². The van der Waals surface area contributed by atoms with Crippen LogP contribution in [0, 0.1) is 0 Å². The predicted molar refractivity (Wildman–Crippen MR) is 54.6 cm³/mol. The summed E-state index contributed by atoms with van der Waals surface area (Å²) in [5, 5.41) is 0. The number of hydrogen-bond acceptors (Lipinski definition) is 3. The van der Waals surface area contributed by atoms with E-state index in [4.69, 9.17) is 11.5 Å². The Bertz CT molecular complexity index is 322. The molecule has 0 amide bonds. The van der Waals surface area contributed by atoms with Crippen molar-refractivity contribution in [3.63, 3.8) is 0 Å². The summed E-state index contributed by atoms with van der Waals surface area (Å²) in [5.74, 6) is -0.0129. The minimum atomic E-state index is -0.0129. The van der Waals surface area contributed by atoms with Crippen molar-refractivity contribution in [2.45, 2.75) is 20.3 Å². The molecule has 1 aromatic rings. The highest BCUT2D eigenvalue weighted by molar-refractivity contribution is 5.96. The van der Waals surface area contributed by atoms with Gasteiger partial charge in [0.05, 0.1) is 0 Å². The summed E-state index contributed by atoms with van der Waals surface area (Å²) >= 11 is 0. The maximum absolute atomic E-state index is 11.0. The van der Waals surface area contributed by atoms with Gasteiger partial charge in [0.1, 0.15) is 0 Å². The van der Waals surface area contributed by atoms with E-state index in [1.165, 1.54) is 6.92 Å². The summed E-state index contributed by atoms with van der Waals surface area (Å²) in [5.41, 5.74) is 14.2. The summed E-state index contributed by atoms with van der Waals surface area (Å²) in [6.07, 6.45) is 0.788. The van der Waals surface area contributed by atoms with Gasteiger partial charge in [0, 0.05) is 16.9 Å². The van der Waals surface area contributed by atoms with E-state index in [-0.39, 0.29) is 5.78 Å².